The number of pyridine rings is 1. The largest absolute Gasteiger partial charge is 0.357 e. The quantitative estimate of drug-likeness (QED) is 0.829. The number of halogens is 1. The van der Waals surface area contributed by atoms with Crippen LogP contribution in [-0.2, 0) is 0 Å². The van der Waals surface area contributed by atoms with Crippen molar-refractivity contribution in [2.75, 3.05) is 45.7 Å². The van der Waals surface area contributed by atoms with Gasteiger partial charge in [-0.3, -0.25) is 4.79 Å². The second kappa shape index (κ2) is 7.28. The van der Waals surface area contributed by atoms with Gasteiger partial charge in [0.2, 0.25) is 0 Å². The number of nitrogens with zero attached hydrogens (tertiary/aromatic N) is 3. The molecule has 1 amide bonds. The van der Waals surface area contributed by atoms with E-state index >= 15 is 0 Å². The Hall–Kier alpha value is -1.33. The Morgan fingerprint density at radius 3 is 2.67 bits per heavy atom. The Bertz CT molecular complexity index is 599. The maximum Gasteiger partial charge on any atom is 0.256 e. The molecular formula is C18H27ClN4O. The minimum Gasteiger partial charge on any atom is -0.357 e. The molecule has 0 bridgehead atoms. The van der Waals surface area contributed by atoms with E-state index in [-0.39, 0.29) is 5.91 Å². The molecule has 1 aromatic heterocycles. The molecule has 1 saturated heterocycles. The fourth-order valence-electron chi connectivity index (χ4n) is 3.90. The van der Waals surface area contributed by atoms with Crippen LogP contribution in [-0.4, -0.2) is 56.6 Å². The van der Waals surface area contributed by atoms with Crippen molar-refractivity contribution in [3.63, 3.8) is 0 Å². The Kier molecular flexibility index (Phi) is 5.30. The fraction of sp³-hybridized carbons (Fsp3) is 0.667. The fourth-order valence-corrected chi connectivity index (χ4v) is 4.13. The van der Waals surface area contributed by atoms with Gasteiger partial charge in [0, 0.05) is 27.2 Å². The summed E-state index contributed by atoms with van der Waals surface area (Å²) in [6.45, 7) is 3.21. The molecule has 0 radical (unpaired) electrons. The minimum absolute atomic E-state index is 0.109. The highest BCUT2D eigenvalue weighted by molar-refractivity contribution is 6.32. The Labute approximate surface area is 149 Å². The number of carbonyl (C=O) groups is 1. The maximum absolute atomic E-state index is 12.0. The summed E-state index contributed by atoms with van der Waals surface area (Å²) in [5, 5.41) is 3.59. The van der Waals surface area contributed by atoms with E-state index in [1.54, 1.807) is 20.2 Å². The van der Waals surface area contributed by atoms with E-state index in [0.717, 1.165) is 43.2 Å². The zero-order valence-corrected chi connectivity index (χ0v) is 15.5. The molecule has 2 atom stereocenters. The van der Waals surface area contributed by atoms with Gasteiger partial charge in [-0.25, -0.2) is 4.98 Å². The summed E-state index contributed by atoms with van der Waals surface area (Å²) >= 11 is 6.24. The van der Waals surface area contributed by atoms with Gasteiger partial charge in [-0.05, 0) is 62.7 Å². The van der Waals surface area contributed by atoms with Crippen molar-refractivity contribution in [3.05, 3.63) is 22.8 Å². The molecule has 2 aliphatic rings. The third kappa shape index (κ3) is 3.67. The molecule has 6 heteroatoms. The van der Waals surface area contributed by atoms with Crippen molar-refractivity contribution < 1.29 is 4.79 Å². The summed E-state index contributed by atoms with van der Waals surface area (Å²) in [5.74, 6) is 3.43. The number of hydrogen-bond donors (Lipinski definition) is 1. The number of hydrogen-bond acceptors (Lipinski definition) is 4. The highest BCUT2D eigenvalue weighted by Crippen LogP contribution is 2.47. The lowest BCUT2D eigenvalue weighted by atomic mass is 9.91. The topological polar surface area (TPSA) is 48.5 Å². The number of nitrogens with one attached hydrogen (secondary N) is 1. The van der Waals surface area contributed by atoms with Gasteiger partial charge in [-0.1, -0.05) is 11.6 Å². The molecule has 2 unspecified atom stereocenters. The summed E-state index contributed by atoms with van der Waals surface area (Å²) in [6, 6.07) is 3.72. The van der Waals surface area contributed by atoms with E-state index in [2.05, 4.69) is 15.2 Å². The van der Waals surface area contributed by atoms with E-state index in [1.807, 2.05) is 13.1 Å². The van der Waals surface area contributed by atoms with Crippen LogP contribution in [0.4, 0.5) is 5.82 Å². The van der Waals surface area contributed by atoms with Gasteiger partial charge in [0.05, 0.1) is 5.56 Å². The highest BCUT2D eigenvalue weighted by atomic mass is 35.5. The predicted molar refractivity (Wildman–Crippen MR) is 97.7 cm³/mol. The first-order valence-corrected chi connectivity index (χ1v) is 9.16. The lowest BCUT2D eigenvalue weighted by Gasteiger charge is -2.33. The van der Waals surface area contributed by atoms with Crippen molar-refractivity contribution in [1.82, 2.24) is 15.2 Å². The van der Waals surface area contributed by atoms with E-state index in [4.69, 9.17) is 11.6 Å². The van der Waals surface area contributed by atoms with Crippen LogP contribution in [0, 0.1) is 17.8 Å². The second-order valence-electron chi connectivity index (χ2n) is 7.25. The molecule has 132 valence electrons. The maximum atomic E-state index is 12.0. The van der Waals surface area contributed by atoms with Gasteiger partial charge >= 0.3 is 0 Å². The number of rotatable bonds is 5. The number of anilines is 1. The average Bonchev–Trinajstić information content (AvgIpc) is 3.34. The molecule has 1 aromatic rings. The minimum atomic E-state index is -0.109. The van der Waals surface area contributed by atoms with Gasteiger partial charge in [-0.15, -0.1) is 0 Å². The number of piperidine rings is 1. The molecule has 3 rings (SSSR count). The van der Waals surface area contributed by atoms with Gasteiger partial charge in [0.1, 0.15) is 11.0 Å². The van der Waals surface area contributed by atoms with E-state index < -0.39 is 0 Å². The van der Waals surface area contributed by atoms with Crippen molar-refractivity contribution in [3.8, 4) is 0 Å². The van der Waals surface area contributed by atoms with Crippen LogP contribution < -0.4 is 10.2 Å². The normalized spacial score (nSPS) is 24.1. The molecule has 1 aliphatic heterocycles. The summed E-state index contributed by atoms with van der Waals surface area (Å²) in [4.78, 5) is 20.3. The third-order valence-corrected chi connectivity index (χ3v) is 5.67. The third-order valence-electron chi connectivity index (χ3n) is 5.38. The van der Waals surface area contributed by atoms with Crippen molar-refractivity contribution in [2.45, 2.75) is 19.3 Å². The van der Waals surface area contributed by atoms with Crippen LogP contribution in [0.15, 0.2) is 12.1 Å². The lowest BCUT2D eigenvalue weighted by Crippen LogP contribution is -2.35. The highest BCUT2D eigenvalue weighted by Gasteiger charge is 2.42. The van der Waals surface area contributed by atoms with Crippen LogP contribution in [0.1, 0.15) is 29.6 Å². The van der Waals surface area contributed by atoms with E-state index in [9.17, 15) is 4.79 Å². The van der Waals surface area contributed by atoms with Crippen LogP contribution in [0.3, 0.4) is 0 Å². The van der Waals surface area contributed by atoms with Crippen molar-refractivity contribution >= 4 is 23.3 Å². The molecule has 0 spiro atoms. The zero-order chi connectivity index (χ0) is 17.3. The predicted octanol–water partition coefficient (Wildman–Crippen LogP) is 2.51. The first-order valence-electron chi connectivity index (χ1n) is 8.79. The van der Waals surface area contributed by atoms with Gasteiger partial charge in [0.25, 0.3) is 5.91 Å². The standard InChI is InChI=1S/C18H27ClN4O/c1-20-11-13-10-15(13)12-6-8-23(9-7-12)16-5-4-14(17(19)21-16)18(24)22(2)3/h4-5,12-13,15,20H,6-11H2,1-3H3. The molecular weight excluding hydrogens is 324 g/mol. The lowest BCUT2D eigenvalue weighted by molar-refractivity contribution is 0.0827. The number of aromatic nitrogens is 1. The Morgan fingerprint density at radius 2 is 2.08 bits per heavy atom. The SMILES string of the molecule is CNCC1CC1C1CCN(c2ccc(C(=O)N(C)C)c(Cl)n2)CC1. The van der Waals surface area contributed by atoms with Gasteiger partial charge < -0.3 is 15.1 Å². The molecule has 1 aliphatic carbocycles. The Morgan fingerprint density at radius 1 is 1.38 bits per heavy atom. The van der Waals surface area contributed by atoms with Crippen molar-refractivity contribution in [2.24, 2.45) is 17.8 Å². The van der Waals surface area contributed by atoms with Crippen molar-refractivity contribution in [1.29, 1.82) is 0 Å². The van der Waals surface area contributed by atoms with Crippen LogP contribution in [0.5, 0.6) is 0 Å². The van der Waals surface area contributed by atoms with Crippen LogP contribution in [0.25, 0.3) is 0 Å². The first-order chi connectivity index (χ1) is 11.5. The molecule has 2 fully saturated rings. The zero-order valence-electron chi connectivity index (χ0n) is 14.8. The van der Waals surface area contributed by atoms with Gasteiger partial charge in [-0.2, -0.15) is 0 Å². The smallest absolute Gasteiger partial charge is 0.256 e. The van der Waals surface area contributed by atoms with E-state index in [1.165, 1.54) is 24.2 Å². The molecule has 5 nitrogen and oxygen atoms in total. The number of carbonyl (C=O) groups excluding carboxylic acids is 1. The van der Waals surface area contributed by atoms with E-state index in [0.29, 0.717) is 10.7 Å². The summed E-state index contributed by atoms with van der Waals surface area (Å²) in [5.41, 5.74) is 0.466. The summed E-state index contributed by atoms with van der Waals surface area (Å²) in [6.07, 6.45) is 3.84. The van der Waals surface area contributed by atoms with Crippen LogP contribution in [0.2, 0.25) is 5.15 Å². The molecule has 0 aromatic carbocycles. The number of amides is 1. The molecule has 1 N–H and O–H groups in total. The molecule has 24 heavy (non-hydrogen) atoms. The monoisotopic (exact) mass is 350 g/mol. The van der Waals surface area contributed by atoms with Crippen LogP contribution >= 0.6 is 11.6 Å². The average molecular weight is 351 g/mol. The summed E-state index contributed by atoms with van der Waals surface area (Å²) in [7, 11) is 5.48. The second-order valence-corrected chi connectivity index (χ2v) is 7.61. The molecule has 2 heterocycles. The van der Waals surface area contributed by atoms with Gasteiger partial charge in [0.15, 0.2) is 0 Å². The molecule has 1 saturated carbocycles. The summed E-state index contributed by atoms with van der Waals surface area (Å²) < 4.78 is 0. The Balaban J connectivity index is 1.59. The first kappa shape index (κ1) is 17.5.